The lowest BCUT2D eigenvalue weighted by atomic mass is 11.9. The van der Waals surface area contributed by atoms with Gasteiger partial charge in [0.1, 0.15) is 0 Å². The molecule has 0 radical (unpaired) electrons. The predicted molar refractivity (Wildman–Crippen MR) is 45.0 cm³/mol. The maximum absolute atomic E-state index is 5.43. The highest BCUT2D eigenvalue weighted by molar-refractivity contribution is 7.44. The van der Waals surface area contributed by atoms with E-state index in [0.29, 0.717) is 0 Å². The summed E-state index contributed by atoms with van der Waals surface area (Å²) in [6.07, 6.45) is 0. The van der Waals surface area contributed by atoms with E-state index < -0.39 is 6.69 Å². The van der Waals surface area contributed by atoms with Gasteiger partial charge in [0.2, 0.25) is 6.69 Å². The van der Waals surface area contributed by atoms with E-state index in [9.17, 15) is 0 Å². The van der Waals surface area contributed by atoms with Gasteiger partial charge >= 0.3 is 0 Å². The molecule has 46 valence electrons. The molecule has 0 saturated carbocycles. The topological polar surface area (TPSA) is 0 Å². The normalized spacial score (nSPS) is 9.86. The summed E-state index contributed by atoms with van der Waals surface area (Å²) in [7, 11) is 1.31. The molecule has 0 amide bonds. The van der Waals surface area contributed by atoms with Gasteiger partial charge in [-0.1, -0.05) is 6.55 Å². The molecule has 0 aromatic heterocycles. The van der Waals surface area contributed by atoms with Crippen LogP contribution in [-0.4, -0.2) is 16.9 Å². The van der Waals surface area contributed by atoms with Crippen LogP contribution in [0.25, 0.3) is 0 Å². The SMILES string of the molecule is C[SiH3].C[Si](C)(Cl)Cl. The summed E-state index contributed by atoms with van der Waals surface area (Å²) in [6, 6.07) is 0. The first kappa shape index (κ1) is 10.9. The van der Waals surface area contributed by atoms with E-state index in [4.69, 9.17) is 22.2 Å². The summed E-state index contributed by atoms with van der Waals surface area (Å²) in [5, 5.41) is 0. The van der Waals surface area contributed by atoms with Crippen molar-refractivity contribution >= 4 is 39.1 Å². The van der Waals surface area contributed by atoms with Crippen LogP contribution in [0.5, 0.6) is 0 Å². The molecule has 0 N–H and O–H groups in total. The fourth-order valence-electron chi connectivity index (χ4n) is 0. The third-order valence-electron chi connectivity index (χ3n) is 0. The van der Waals surface area contributed by atoms with E-state index in [2.05, 4.69) is 6.55 Å². The van der Waals surface area contributed by atoms with Crippen molar-refractivity contribution in [1.29, 1.82) is 0 Å². The molecule has 0 atom stereocenters. The summed E-state index contributed by atoms with van der Waals surface area (Å²) in [6.45, 7) is 4.19. The van der Waals surface area contributed by atoms with Gasteiger partial charge in [-0.25, -0.2) is 0 Å². The highest BCUT2D eigenvalue weighted by atomic mass is 35.7. The van der Waals surface area contributed by atoms with E-state index in [1.54, 1.807) is 0 Å². The molecular formula is C3H12Cl2Si2. The smallest absolute Gasteiger partial charge is 0.146 e. The van der Waals surface area contributed by atoms with E-state index in [1.165, 1.54) is 10.2 Å². The Balaban J connectivity index is 0. The van der Waals surface area contributed by atoms with Crippen molar-refractivity contribution in [2.75, 3.05) is 0 Å². The second-order valence-electron chi connectivity index (χ2n) is 1.33. The molecule has 0 heterocycles. The average molecular weight is 175 g/mol. The third-order valence-corrected chi connectivity index (χ3v) is 0. The highest BCUT2D eigenvalue weighted by Crippen LogP contribution is 2.10. The Labute approximate surface area is 59.0 Å². The quantitative estimate of drug-likeness (QED) is 0.387. The van der Waals surface area contributed by atoms with Gasteiger partial charge in [0.15, 0.2) is 0 Å². The molecule has 0 aromatic rings. The van der Waals surface area contributed by atoms with Crippen molar-refractivity contribution in [1.82, 2.24) is 0 Å². The maximum atomic E-state index is 5.43. The Morgan fingerprint density at radius 2 is 1.14 bits per heavy atom. The van der Waals surface area contributed by atoms with Gasteiger partial charge < -0.3 is 0 Å². The second kappa shape index (κ2) is 5.16. The zero-order chi connectivity index (χ0) is 6.50. The van der Waals surface area contributed by atoms with Gasteiger partial charge in [0.25, 0.3) is 0 Å². The Kier molecular flexibility index (Phi) is 8.03. The molecule has 7 heavy (non-hydrogen) atoms. The monoisotopic (exact) mass is 174 g/mol. The van der Waals surface area contributed by atoms with Gasteiger partial charge in [0, 0.05) is 0 Å². The molecule has 0 spiro atoms. The third kappa shape index (κ3) is 172. The van der Waals surface area contributed by atoms with Crippen LogP contribution in [0, 0.1) is 0 Å². The van der Waals surface area contributed by atoms with Crippen LogP contribution < -0.4 is 0 Å². The Morgan fingerprint density at radius 1 is 1.14 bits per heavy atom. The van der Waals surface area contributed by atoms with Crippen LogP contribution in [-0.2, 0) is 0 Å². The molecule has 0 aliphatic rings. The minimum atomic E-state index is -1.67. The fraction of sp³-hybridized carbons (Fsp3) is 1.00. The van der Waals surface area contributed by atoms with Gasteiger partial charge in [-0.3, -0.25) is 0 Å². The number of hydrogen-bond acceptors (Lipinski definition) is 0. The highest BCUT2D eigenvalue weighted by Gasteiger charge is 2.08. The summed E-state index contributed by atoms with van der Waals surface area (Å²) in [5.41, 5.74) is 0. The molecule has 0 fully saturated rings. The van der Waals surface area contributed by atoms with Crippen LogP contribution in [0.3, 0.4) is 0 Å². The molecule has 0 rings (SSSR count). The Bertz CT molecular complexity index is 26.4. The summed E-state index contributed by atoms with van der Waals surface area (Å²) < 4.78 is 0. The lowest BCUT2D eigenvalue weighted by molar-refractivity contribution is 2.06. The lowest BCUT2D eigenvalue weighted by Crippen LogP contribution is -2.02. The van der Waals surface area contributed by atoms with Crippen LogP contribution >= 0.6 is 22.2 Å². The zero-order valence-electron chi connectivity index (χ0n) is 5.26. The number of halogens is 2. The van der Waals surface area contributed by atoms with Gasteiger partial charge in [-0.2, -0.15) is 0 Å². The summed E-state index contributed by atoms with van der Waals surface area (Å²) in [5.74, 6) is 0. The molecule has 0 unspecified atom stereocenters. The Morgan fingerprint density at radius 3 is 1.14 bits per heavy atom. The molecule has 4 heteroatoms. The first-order valence-corrected chi connectivity index (χ1v) is 9.40. The van der Waals surface area contributed by atoms with Crippen LogP contribution in [0.1, 0.15) is 0 Å². The molecule has 0 bridgehead atoms. The van der Waals surface area contributed by atoms with Crippen molar-refractivity contribution in [2.24, 2.45) is 0 Å². The van der Waals surface area contributed by atoms with Crippen molar-refractivity contribution in [3.8, 4) is 0 Å². The molecular weight excluding hydrogens is 163 g/mol. The van der Waals surface area contributed by atoms with Crippen LogP contribution in [0.2, 0.25) is 19.6 Å². The molecule has 0 saturated heterocycles. The van der Waals surface area contributed by atoms with Crippen LogP contribution in [0.15, 0.2) is 0 Å². The van der Waals surface area contributed by atoms with Gasteiger partial charge in [-0.05, 0) is 23.3 Å². The van der Waals surface area contributed by atoms with E-state index in [-0.39, 0.29) is 0 Å². The lowest BCUT2D eigenvalue weighted by Gasteiger charge is -1.93. The van der Waals surface area contributed by atoms with Gasteiger partial charge in [0.05, 0.1) is 0 Å². The zero-order valence-corrected chi connectivity index (χ0v) is 9.77. The second-order valence-corrected chi connectivity index (χ2v) is 10.2. The molecule has 0 aliphatic heterocycles. The van der Waals surface area contributed by atoms with Crippen molar-refractivity contribution in [3.05, 3.63) is 0 Å². The summed E-state index contributed by atoms with van der Waals surface area (Å²) in [4.78, 5) is 0. The average Bonchev–Trinajstić information content (AvgIpc) is 1.36. The molecule has 0 aromatic carbocycles. The number of rotatable bonds is 0. The van der Waals surface area contributed by atoms with Gasteiger partial charge in [-0.15, -0.1) is 22.2 Å². The minimum Gasteiger partial charge on any atom is -0.146 e. The first-order chi connectivity index (χ1) is 3.00. The standard InChI is InChI=1S/C2H6Cl2Si.CH6Si/c1-5(2,3)4;1-2/h1-2H3;1-2H3. The maximum Gasteiger partial charge on any atom is 0.245 e. The molecule has 0 aliphatic carbocycles. The van der Waals surface area contributed by atoms with E-state index in [0.717, 1.165) is 0 Å². The minimum absolute atomic E-state index is 1.31. The Hall–Kier alpha value is 1.01. The number of hydrogen-bond donors (Lipinski definition) is 0. The van der Waals surface area contributed by atoms with Crippen molar-refractivity contribution in [3.63, 3.8) is 0 Å². The molecule has 0 nitrogen and oxygen atoms in total. The summed E-state index contributed by atoms with van der Waals surface area (Å²) >= 11 is 10.9. The van der Waals surface area contributed by atoms with Crippen molar-refractivity contribution in [2.45, 2.75) is 19.6 Å². The van der Waals surface area contributed by atoms with E-state index in [1.807, 2.05) is 13.1 Å². The van der Waals surface area contributed by atoms with E-state index >= 15 is 0 Å². The largest absolute Gasteiger partial charge is 0.245 e. The predicted octanol–water partition coefficient (Wildman–Crippen LogP) is 1.57. The van der Waals surface area contributed by atoms with Crippen molar-refractivity contribution < 1.29 is 0 Å². The first-order valence-electron chi connectivity index (χ1n) is 2.38. The van der Waals surface area contributed by atoms with Crippen LogP contribution in [0.4, 0.5) is 0 Å². The fourth-order valence-corrected chi connectivity index (χ4v) is 0.